The highest BCUT2D eigenvalue weighted by atomic mass is 35.5. The lowest BCUT2D eigenvalue weighted by molar-refractivity contribution is 0.0144. The SMILES string of the molecule is NNC(CCOCC(F)F)Cc1ccc(Cl)cc1F. The molecule has 0 spiro atoms. The zero-order chi connectivity index (χ0) is 14.3. The number of nitrogens with one attached hydrogen (secondary N) is 1. The van der Waals surface area contributed by atoms with Crippen molar-refractivity contribution in [3.8, 4) is 0 Å². The van der Waals surface area contributed by atoms with Gasteiger partial charge in [0.05, 0.1) is 0 Å². The van der Waals surface area contributed by atoms with Gasteiger partial charge in [-0.1, -0.05) is 17.7 Å². The summed E-state index contributed by atoms with van der Waals surface area (Å²) in [5.41, 5.74) is 2.97. The summed E-state index contributed by atoms with van der Waals surface area (Å²) in [6.07, 6.45) is -1.75. The first-order valence-electron chi connectivity index (χ1n) is 5.79. The molecule has 0 aliphatic heterocycles. The number of hydrazine groups is 1. The third-order valence-electron chi connectivity index (χ3n) is 2.57. The Morgan fingerprint density at radius 2 is 2.11 bits per heavy atom. The van der Waals surface area contributed by atoms with Gasteiger partial charge in [-0.15, -0.1) is 0 Å². The van der Waals surface area contributed by atoms with Crippen LogP contribution in [-0.2, 0) is 11.2 Å². The van der Waals surface area contributed by atoms with Gasteiger partial charge in [-0.25, -0.2) is 13.2 Å². The maximum Gasteiger partial charge on any atom is 0.261 e. The van der Waals surface area contributed by atoms with E-state index in [2.05, 4.69) is 5.43 Å². The van der Waals surface area contributed by atoms with Gasteiger partial charge in [0.25, 0.3) is 6.43 Å². The van der Waals surface area contributed by atoms with Crippen molar-refractivity contribution >= 4 is 11.6 Å². The molecule has 1 aromatic carbocycles. The Hall–Kier alpha value is -0.820. The first-order chi connectivity index (χ1) is 9.02. The van der Waals surface area contributed by atoms with E-state index in [9.17, 15) is 13.2 Å². The molecule has 3 nitrogen and oxygen atoms in total. The molecule has 0 radical (unpaired) electrons. The Balaban J connectivity index is 2.43. The first kappa shape index (κ1) is 16.2. The lowest BCUT2D eigenvalue weighted by Crippen LogP contribution is -2.38. The molecule has 3 N–H and O–H groups in total. The number of hydrogen-bond donors (Lipinski definition) is 2. The monoisotopic (exact) mass is 296 g/mol. The highest BCUT2D eigenvalue weighted by Gasteiger charge is 2.12. The second kappa shape index (κ2) is 8.37. The molecule has 0 amide bonds. The molecular formula is C12H16ClF3N2O. The fourth-order valence-corrected chi connectivity index (χ4v) is 1.75. The molecular weight excluding hydrogens is 281 g/mol. The Kier molecular flexibility index (Phi) is 7.15. The van der Waals surface area contributed by atoms with Crippen molar-refractivity contribution in [3.05, 3.63) is 34.6 Å². The van der Waals surface area contributed by atoms with E-state index in [1.54, 1.807) is 12.1 Å². The van der Waals surface area contributed by atoms with Gasteiger partial charge in [0.2, 0.25) is 0 Å². The topological polar surface area (TPSA) is 47.3 Å². The van der Waals surface area contributed by atoms with Crippen LogP contribution in [0.5, 0.6) is 0 Å². The van der Waals surface area contributed by atoms with Crippen molar-refractivity contribution < 1.29 is 17.9 Å². The summed E-state index contributed by atoms with van der Waals surface area (Å²) in [6, 6.07) is 4.12. The van der Waals surface area contributed by atoms with Crippen molar-refractivity contribution in [1.82, 2.24) is 5.43 Å². The lowest BCUT2D eigenvalue weighted by atomic mass is 10.0. The summed E-state index contributed by atoms with van der Waals surface area (Å²) in [5.74, 6) is 4.92. The Morgan fingerprint density at radius 3 is 2.68 bits per heavy atom. The fraction of sp³-hybridized carbons (Fsp3) is 0.500. The molecule has 7 heteroatoms. The van der Waals surface area contributed by atoms with E-state index < -0.39 is 18.8 Å². The quantitative estimate of drug-likeness (QED) is 0.440. The van der Waals surface area contributed by atoms with Gasteiger partial charge in [-0.2, -0.15) is 0 Å². The van der Waals surface area contributed by atoms with E-state index in [0.29, 0.717) is 23.4 Å². The predicted molar refractivity (Wildman–Crippen MR) is 67.7 cm³/mol. The van der Waals surface area contributed by atoms with Gasteiger partial charge in [-0.05, 0) is 30.5 Å². The largest absolute Gasteiger partial charge is 0.375 e. The summed E-state index contributed by atoms with van der Waals surface area (Å²) in [7, 11) is 0. The molecule has 0 heterocycles. The number of nitrogens with two attached hydrogens (primary N) is 1. The minimum absolute atomic E-state index is 0.133. The molecule has 0 saturated heterocycles. The summed E-state index contributed by atoms with van der Waals surface area (Å²) in [5, 5.41) is 0.318. The number of hydrogen-bond acceptors (Lipinski definition) is 3. The number of ether oxygens (including phenoxy) is 1. The van der Waals surface area contributed by atoms with Crippen LogP contribution in [0.3, 0.4) is 0 Å². The molecule has 0 fully saturated rings. The third kappa shape index (κ3) is 6.24. The van der Waals surface area contributed by atoms with Crippen LogP contribution in [0.2, 0.25) is 5.02 Å². The summed E-state index contributed by atoms with van der Waals surface area (Å²) in [6.45, 7) is -0.471. The van der Waals surface area contributed by atoms with Gasteiger partial charge in [0.1, 0.15) is 12.4 Å². The second-order valence-corrected chi connectivity index (χ2v) is 4.49. The average molecular weight is 297 g/mol. The number of halogens is 4. The van der Waals surface area contributed by atoms with Crippen LogP contribution in [0.1, 0.15) is 12.0 Å². The zero-order valence-electron chi connectivity index (χ0n) is 10.2. The van der Waals surface area contributed by atoms with Gasteiger partial charge < -0.3 is 4.74 Å². The van der Waals surface area contributed by atoms with Crippen molar-refractivity contribution in [3.63, 3.8) is 0 Å². The van der Waals surface area contributed by atoms with Gasteiger partial charge in [-0.3, -0.25) is 11.3 Å². The standard InChI is InChI=1S/C12H16ClF3N2O/c13-9-2-1-8(11(14)6-9)5-10(18-17)3-4-19-7-12(15)16/h1-2,6,10,12,18H,3-5,7,17H2. The highest BCUT2D eigenvalue weighted by Crippen LogP contribution is 2.16. The smallest absolute Gasteiger partial charge is 0.261 e. The van der Waals surface area contributed by atoms with Crippen LogP contribution in [0.15, 0.2) is 18.2 Å². The molecule has 1 aromatic rings. The average Bonchev–Trinajstić information content (AvgIpc) is 2.35. The molecule has 0 aliphatic rings. The van der Waals surface area contributed by atoms with E-state index in [1.807, 2.05) is 0 Å². The van der Waals surface area contributed by atoms with E-state index in [-0.39, 0.29) is 12.6 Å². The van der Waals surface area contributed by atoms with Crippen LogP contribution in [-0.4, -0.2) is 25.7 Å². The minimum Gasteiger partial charge on any atom is -0.375 e. The Morgan fingerprint density at radius 1 is 1.37 bits per heavy atom. The van der Waals surface area contributed by atoms with Crippen LogP contribution in [0, 0.1) is 5.82 Å². The molecule has 0 saturated carbocycles. The molecule has 0 bridgehead atoms. The molecule has 1 atom stereocenters. The van der Waals surface area contributed by atoms with Gasteiger partial charge in [0, 0.05) is 17.7 Å². The molecule has 1 rings (SSSR count). The highest BCUT2D eigenvalue weighted by molar-refractivity contribution is 6.30. The van der Waals surface area contributed by atoms with Crippen molar-refractivity contribution in [1.29, 1.82) is 0 Å². The third-order valence-corrected chi connectivity index (χ3v) is 2.81. The lowest BCUT2D eigenvalue weighted by Gasteiger charge is -2.16. The number of rotatable bonds is 8. The van der Waals surface area contributed by atoms with Gasteiger partial charge >= 0.3 is 0 Å². The van der Waals surface area contributed by atoms with E-state index in [4.69, 9.17) is 22.2 Å². The molecule has 0 aliphatic carbocycles. The van der Waals surface area contributed by atoms with Crippen molar-refractivity contribution in [2.45, 2.75) is 25.3 Å². The molecule has 108 valence electrons. The van der Waals surface area contributed by atoms with Crippen LogP contribution in [0.4, 0.5) is 13.2 Å². The number of alkyl halides is 2. The molecule has 0 aromatic heterocycles. The van der Waals surface area contributed by atoms with E-state index >= 15 is 0 Å². The van der Waals surface area contributed by atoms with Crippen molar-refractivity contribution in [2.24, 2.45) is 5.84 Å². The first-order valence-corrected chi connectivity index (χ1v) is 6.16. The minimum atomic E-state index is -2.49. The normalized spacial score (nSPS) is 12.9. The second-order valence-electron chi connectivity index (χ2n) is 4.06. The van der Waals surface area contributed by atoms with Crippen molar-refractivity contribution in [2.75, 3.05) is 13.2 Å². The van der Waals surface area contributed by atoms with Crippen LogP contribution >= 0.6 is 11.6 Å². The molecule has 1 unspecified atom stereocenters. The molecule has 19 heavy (non-hydrogen) atoms. The van der Waals surface area contributed by atoms with Gasteiger partial charge in [0.15, 0.2) is 0 Å². The summed E-state index contributed by atoms with van der Waals surface area (Å²) >= 11 is 5.65. The van der Waals surface area contributed by atoms with E-state index in [1.165, 1.54) is 6.07 Å². The fourth-order valence-electron chi connectivity index (χ4n) is 1.60. The maximum absolute atomic E-state index is 13.6. The Labute approximate surface area is 114 Å². The Bertz CT molecular complexity index is 393. The maximum atomic E-state index is 13.6. The number of benzene rings is 1. The predicted octanol–water partition coefficient (Wildman–Crippen LogP) is 2.53. The zero-order valence-corrected chi connectivity index (χ0v) is 11.0. The summed E-state index contributed by atoms with van der Waals surface area (Å²) in [4.78, 5) is 0. The van der Waals surface area contributed by atoms with E-state index in [0.717, 1.165) is 0 Å². The van der Waals surface area contributed by atoms with Crippen LogP contribution in [0.25, 0.3) is 0 Å². The van der Waals surface area contributed by atoms with Crippen LogP contribution < -0.4 is 11.3 Å². The summed E-state index contributed by atoms with van der Waals surface area (Å²) < 4.78 is 42.0.